The molecule has 1 N–H and O–H groups in total. The maximum atomic E-state index is 12.5. The second kappa shape index (κ2) is 8.02. The molecule has 2 saturated heterocycles. The van der Waals surface area contributed by atoms with Crippen LogP contribution >= 0.6 is 0 Å². The number of aromatic nitrogens is 1. The minimum atomic E-state index is -0.315. The zero-order chi connectivity index (χ0) is 19.6. The second-order valence-corrected chi connectivity index (χ2v) is 8.41. The third-order valence-corrected chi connectivity index (χ3v) is 4.85. The lowest BCUT2D eigenvalue weighted by atomic mass is 10.1. The minimum absolute atomic E-state index is 0.0405. The highest BCUT2D eigenvalue weighted by Gasteiger charge is 2.33. The van der Waals surface area contributed by atoms with Crippen molar-refractivity contribution in [2.45, 2.75) is 65.1 Å². The van der Waals surface area contributed by atoms with Gasteiger partial charge < -0.3 is 24.6 Å². The molecule has 0 spiro atoms. The Hall–Kier alpha value is -1.86. The number of morpholine rings is 2. The number of carbonyl (C=O) groups excluding carboxylic acids is 1. The number of rotatable bonds is 3. The number of urea groups is 1. The fourth-order valence-corrected chi connectivity index (χ4v) is 3.97. The Morgan fingerprint density at radius 1 is 1.19 bits per heavy atom. The van der Waals surface area contributed by atoms with Crippen LogP contribution in [0, 0.1) is 0 Å². The first kappa shape index (κ1) is 19.9. The smallest absolute Gasteiger partial charge is 0.317 e. The first-order chi connectivity index (χ1) is 12.7. The monoisotopic (exact) mass is 376 g/mol. The molecule has 150 valence electrons. The molecule has 2 aliphatic heterocycles. The summed E-state index contributed by atoms with van der Waals surface area (Å²) in [4.78, 5) is 21.2. The van der Waals surface area contributed by atoms with Crippen molar-refractivity contribution in [3.8, 4) is 0 Å². The molecule has 1 aromatic heterocycles. The van der Waals surface area contributed by atoms with Crippen molar-refractivity contribution in [1.29, 1.82) is 0 Å². The number of ether oxygens (including phenoxy) is 2. The van der Waals surface area contributed by atoms with Gasteiger partial charge in [-0.1, -0.05) is 6.07 Å². The molecule has 3 unspecified atom stereocenters. The summed E-state index contributed by atoms with van der Waals surface area (Å²) in [6, 6.07) is 3.99. The van der Waals surface area contributed by atoms with Crippen LogP contribution in [0.25, 0.3) is 0 Å². The van der Waals surface area contributed by atoms with Crippen molar-refractivity contribution in [2.75, 3.05) is 31.1 Å². The van der Waals surface area contributed by atoms with Crippen LogP contribution in [0.5, 0.6) is 0 Å². The van der Waals surface area contributed by atoms with E-state index in [2.05, 4.69) is 29.0 Å². The lowest BCUT2D eigenvalue weighted by Gasteiger charge is -2.41. The lowest BCUT2D eigenvalue weighted by molar-refractivity contribution is -0.117. The Morgan fingerprint density at radius 2 is 1.89 bits per heavy atom. The number of hydrogen-bond acceptors (Lipinski definition) is 5. The molecule has 0 aromatic carbocycles. The molecule has 3 atom stereocenters. The van der Waals surface area contributed by atoms with Crippen LogP contribution in [0.1, 0.15) is 40.2 Å². The van der Waals surface area contributed by atoms with E-state index >= 15 is 0 Å². The normalized spacial score (nSPS) is 28.1. The maximum Gasteiger partial charge on any atom is 0.317 e. The number of pyridine rings is 1. The molecule has 0 radical (unpaired) electrons. The van der Waals surface area contributed by atoms with Crippen molar-refractivity contribution in [1.82, 2.24) is 15.2 Å². The van der Waals surface area contributed by atoms with Crippen molar-refractivity contribution >= 4 is 11.8 Å². The zero-order valence-corrected chi connectivity index (χ0v) is 17.1. The largest absolute Gasteiger partial charge is 0.372 e. The van der Waals surface area contributed by atoms with Crippen LogP contribution in [-0.4, -0.2) is 66.0 Å². The molecule has 0 bridgehead atoms. The SMILES string of the molecule is CC1CN(c2ccc(CNC(=O)N3CC(C)OC(C)(C)C3)cn2)CC(C)O1. The summed E-state index contributed by atoms with van der Waals surface area (Å²) in [6.07, 6.45) is 2.29. The van der Waals surface area contributed by atoms with Crippen molar-refractivity contribution in [3.05, 3.63) is 23.9 Å². The zero-order valence-electron chi connectivity index (χ0n) is 17.1. The van der Waals surface area contributed by atoms with Crippen LogP contribution in [0.3, 0.4) is 0 Å². The van der Waals surface area contributed by atoms with Crippen LogP contribution in [-0.2, 0) is 16.0 Å². The highest BCUT2D eigenvalue weighted by molar-refractivity contribution is 5.74. The molecule has 1 aromatic rings. The molecular formula is C20H32N4O3. The predicted molar refractivity (Wildman–Crippen MR) is 105 cm³/mol. The van der Waals surface area contributed by atoms with Gasteiger partial charge in [0.15, 0.2) is 0 Å². The topological polar surface area (TPSA) is 66.9 Å². The van der Waals surface area contributed by atoms with Gasteiger partial charge in [0.05, 0.1) is 30.5 Å². The van der Waals surface area contributed by atoms with Gasteiger partial charge in [0.2, 0.25) is 0 Å². The lowest BCUT2D eigenvalue weighted by Crippen LogP contribution is -2.56. The number of nitrogens with one attached hydrogen (secondary N) is 1. The molecule has 2 fully saturated rings. The van der Waals surface area contributed by atoms with Gasteiger partial charge in [-0.05, 0) is 46.2 Å². The van der Waals surface area contributed by atoms with Gasteiger partial charge in [0.25, 0.3) is 0 Å². The van der Waals surface area contributed by atoms with Crippen LogP contribution in [0.4, 0.5) is 10.6 Å². The van der Waals surface area contributed by atoms with E-state index in [-0.39, 0.29) is 29.9 Å². The second-order valence-electron chi connectivity index (χ2n) is 8.41. The summed E-state index contributed by atoms with van der Waals surface area (Å²) in [6.45, 7) is 13.5. The van der Waals surface area contributed by atoms with Gasteiger partial charge in [-0.2, -0.15) is 0 Å². The molecule has 3 heterocycles. The Morgan fingerprint density at radius 3 is 2.48 bits per heavy atom. The van der Waals surface area contributed by atoms with E-state index in [0.717, 1.165) is 24.5 Å². The average molecular weight is 377 g/mol. The van der Waals surface area contributed by atoms with Crippen molar-refractivity contribution < 1.29 is 14.3 Å². The van der Waals surface area contributed by atoms with Crippen LogP contribution < -0.4 is 10.2 Å². The fraction of sp³-hybridized carbons (Fsp3) is 0.700. The Bertz CT molecular complexity index is 639. The molecule has 7 nitrogen and oxygen atoms in total. The quantitative estimate of drug-likeness (QED) is 0.877. The molecule has 0 aliphatic carbocycles. The van der Waals surface area contributed by atoms with E-state index in [1.165, 1.54) is 0 Å². The number of carbonyl (C=O) groups is 1. The molecule has 2 aliphatic rings. The van der Waals surface area contributed by atoms with Gasteiger partial charge in [0.1, 0.15) is 5.82 Å². The molecular weight excluding hydrogens is 344 g/mol. The minimum Gasteiger partial charge on any atom is -0.372 e. The molecule has 0 saturated carbocycles. The Balaban J connectivity index is 1.53. The van der Waals surface area contributed by atoms with Gasteiger partial charge in [0, 0.05) is 32.4 Å². The average Bonchev–Trinajstić information content (AvgIpc) is 2.57. The fourth-order valence-electron chi connectivity index (χ4n) is 3.97. The van der Waals surface area contributed by atoms with Gasteiger partial charge in [-0.25, -0.2) is 9.78 Å². The van der Waals surface area contributed by atoms with E-state index in [4.69, 9.17) is 9.47 Å². The summed E-state index contributed by atoms with van der Waals surface area (Å²) in [5.41, 5.74) is 0.673. The standard InChI is InChI=1S/C20H32N4O3/c1-14-10-23(11-15(2)26-14)18-7-6-17(8-21-18)9-22-19(25)24-12-16(3)27-20(4,5)13-24/h6-8,14-16H,9-13H2,1-5H3,(H,22,25). The van der Waals surface area contributed by atoms with Gasteiger partial charge in [-0.15, -0.1) is 0 Å². The van der Waals surface area contributed by atoms with E-state index in [0.29, 0.717) is 19.6 Å². The summed E-state index contributed by atoms with van der Waals surface area (Å²) >= 11 is 0. The summed E-state index contributed by atoms with van der Waals surface area (Å²) < 4.78 is 11.6. The number of amides is 2. The van der Waals surface area contributed by atoms with E-state index < -0.39 is 0 Å². The summed E-state index contributed by atoms with van der Waals surface area (Å²) in [7, 11) is 0. The molecule has 7 heteroatoms. The highest BCUT2D eigenvalue weighted by atomic mass is 16.5. The van der Waals surface area contributed by atoms with Crippen LogP contribution in [0.15, 0.2) is 18.3 Å². The summed E-state index contributed by atoms with van der Waals surface area (Å²) in [5, 5.41) is 3.00. The Kier molecular flexibility index (Phi) is 5.91. The molecule has 2 amide bonds. The number of anilines is 1. The first-order valence-electron chi connectivity index (χ1n) is 9.78. The molecule has 3 rings (SSSR count). The maximum absolute atomic E-state index is 12.5. The number of nitrogens with zero attached hydrogens (tertiary/aromatic N) is 3. The third kappa shape index (κ3) is 5.32. The van der Waals surface area contributed by atoms with E-state index in [9.17, 15) is 4.79 Å². The predicted octanol–water partition coefficient (Wildman–Crippen LogP) is 2.40. The molecule has 27 heavy (non-hydrogen) atoms. The van der Waals surface area contributed by atoms with E-state index in [1.807, 2.05) is 44.0 Å². The Labute approximate surface area is 162 Å². The van der Waals surface area contributed by atoms with Crippen LogP contribution in [0.2, 0.25) is 0 Å². The van der Waals surface area contributed by atoms with Gasteiger partial charge in [-0.3, -0.25) is 0 Å². The summed E-state index contributed by atoms with van der Waals surface area (Å²) in [5.74, 6) is 0.954. The number of hydrogen-bond donors (Lipinski definition) is 1. The highest BCUT2D eigenvalue weighted by Crippen LogP contribution is 2.21. The third-order valence-electron chi connectivity index (χ3n) is 4.85. The van der Waals surface area contributed by atoms with Gasteiger partial charge >= 0.3 is 6.03 Å². The first-order valence-corrected chi connectivity index (χ1v) is 9.78. The van der Waals surface area contributed by atoms with E-state index in [1.54, 1.807) is 0 Å². The van der Waals surface area contributed by atoms with Crippen molar-refractivity contribution in [3.63, 3.8) is 0 Å². The van der Waals surface area contributed by atoms with Crippen molar-refractivity contribution in [2.24, 2.45) is 0 Å².